The summed E-state index contributed by atoms with van der Waals surface area (Å²) in [5, 5.41) is 5.28. The van der Waals surface area contributed by atoms with Gasteiger partial charge in [0.15, 0.2) is 0 Å². The van der Waals surface area contributed by atoms with Crippen LogP contribution >= 0.6 is 0 Å². The van der Waals surface area contributed by atoms with E-state index in [1.165, 1.54) is 43.8 Å². The predicted molar refractivity (Wildman–Crippen MR) is 163 cm³/mol. The van der Waals surface area contributed by atoms with Crippen molar-refractivity contribution in [3.63, 3.8) is 0 Å². The minimum absolute atomic E-state index is 0. The van der Waals surface area contributed by atoms with Crippen molar-refractivity contribution in [2.45, 2.75) is 52.4 Å². The van der Waals surface area contributed by atoms with E-state index < -0.39 is 0 Å². The maximum atomic E-state index is 4.46. The number of rotatable bonds is 2. The Bertz CT molecular complexity index is 1530. The van der Waals surface area contributed by atoms with E-state index in [1.54, 1.807) is 0 Å². The van der Waals surface area contributed by atoms with Crippen molar-refractivity contribution >= 4 is 21.5 Å². The van der Waals surface area contributed by atoms with Gasteiger partial charge in [-0.2, -0.15) is 0 Å². The fourth-order valence-electron chi connectivity index (χ4n) is 5.27. The van der Waals surface area contributed by atoms with Gasteiger partial charge < -0.3 is 0 Å². The molecule has 3 heteroatoms. The summed E-state index contributed by atoms with van der Waals surface area (Å²) in [5.74, 6) is 0. The molecule has 0 saturated heterocycles. The SMILES string of the molecule is CC(C)(C)c1cccc2c1cc[c-]2-c1ccccn1.CC(C)(C)c1cccc2c1cc[c-]2-c1ccccn1.[Zr+2]. The maximum Gasteiger partial charge on any atom is 2.00 e. The van der Waals surface area contributed by atoms with E-state index in [4.69, 9.17) is 0 Å². The third kappa shape index (κ3) is 6.05. The van der Waals surface area contributed by atoms with Crippen molar-refractivity contribution in [2.24, 2.45) is 0 Å². The molecule has 0 unspecified atom stereocenters. The minimum Gasteiger partial charge on any atom is -0.272 e. The fraction of sp³-hybridized carbons (Fsp3) is 0.222. The van der Waals surface area contributed by atoms with Crippen LogP contribution in [-0.2, 0) is 37.0 Å². The molecule has 194 valence electrons. The van der Waals surface area contributed by atoms with Gasteiger partial charge in [0, 0.05) is 23.8 Å². The first-order valence-corrected chi connectivity index (χ1v) is 13.4. The first-order chi connectivity index (χ1) is 18.1. The molecule has 6 aromatic rings. The Hall–Kier alpha value is -3.16. The third-order valence-electron chi connectivity index (χ3n) is 7.12. The molecule has 2 heterocycles. The molecule has 0 saturated carbocycles. The number of benzene rings is 2. The van der Waals surface area contributed by atoms with Crippen LogP contribution in [0.3, 0.4) is 0 Å². The number of hydrogen-bond acceptors (Lipinski definition) is 2. The summed E-state index contributed by atoms with van der Waals surface area (Å²) in [6.45, 7) is 13.6. The number of fused-ring (bicyclic) bond motifs is 2. The van der Waals surface area contributed by atoms with Crippen molar-refractivity contribution in [1.82, 2.24) is 9.97 Å². The Kier molecular flexibility index (Phi) is 8.52. The van der Waals surface area contributed by atoms with Crippen molar-refractivity contribution in [1.29, 1.82) is 0 Å². The van der Waals surface area contributed by atoms with E-state index in [-0.39, 0.29) is 37.0 Å². The Labute approximate surface area is 252 Å². The van der Waals surface area contributed by atoms with Crippen LogP contribution in [0, 0.1) is 0 Å². The topological polar surface area (TPSA) is 25.8 Å². The van der Waals surface area contributed by atoms with Crippen molar-refractivity contribution < 1.29 is 26.2 Å². The second-order valence-corrected chi connectivity index (χ2v) is 12.0. The van der Waals surface area contributed by atoms with E-state index in [9.17, 15) is 0 Å². The quantitative estimate of drug-likeness (QED) is 0.188. The number of hydrogen-bond donors (Lipinski definition) is 0. The third-order valence-corrected chi connectivity index (χ3v) is 7.12. The molecule has 0 spiro atoms. The summed E-state index contributed by atoms with van der Waals surface area (Å²) in [6, 6.07) is 34.1. The molecule has 39 heavy (non-hydrogen) atoms. The molecule has 0 radical (unpaired) electrons. The van der Waals surface area contributed by atoms with Crippen LogP contribution in [-0.4, -0.2) is 9.97 Å². The van der Waals surface area contributed by atoms with Crippen LogP contribution < -0.4 is 0 Å². The molecule has 0 aliphatic rings. The van der Waals surface area contributed by atoms with Crippen molar-refractivity contribution in [2.75, 3.05) is 0 Å². The fourth-order valence-corrected chi connectivity index (χ4v) is 5.27. The second kappa shape index (κ2) is 11.5. The van der Waals surface area contributed by atoms with Gasteiger partial charge >= 0.3 is 26.2 Å². The smallest absolute Gasteiger partial charge is 0.272 e. The van der Waals surface area contributed by atoms with Crippen LogP contribution in [0.5, 0.6) is 0 Å². The number of aromatic nitrogens is 2. The number of nitrogens with zero attached hydrogens (tertiary/aromatic N) is 2. The summed E-state index contributed by atoms with van der Waals surface area (Å²) < 4.78 is 0. The zero-order chi connectivity index (χ0) is 26.9. The van der Waals surface area contributed by atoms with Gasteiger partial charge in [0.1, 0.15) is 0 Å². The molecule has 2 nitrogen and oxygen atoms in total. The van der Waals surface area contributed by atoms with Crippen LogP contribution in [0.4, 0.5) is 0 Å². The van der Waals surface area contributed by atoms with Crippen LogP contribution in [0.25, 0.3) is 44.1 Å². The van der Waals surface area contributed by atoms with E-state index in [2.05, 4.69) is 124 Å². The molecule has 0 fully saturated rings. The van der Waals surface area contributed by atoms with Gasteiger partial charge in [-0.15, -0.1) is 57.9 Å². The van der Waals surface area contributed by atoms with Crippen molar-refractivity contribution in [3.8, 4) is 22.5 Å². The largest absolute Gasteiger partial charge is 2.00 e. The summed E-state index contributed by atoms with van der Waals surface area (Å²) >= 11 is 0. The van der Waals surface area contributed by atoms with E-state index in [0.29, 0.717) is 0 Å². The summed E-state index contributed by atoms with van der Waals surface area (Å²) in [4.78, 5) is 8.93. The Morgan fingerprint density at radius 1 is 0.487 bits per heavy atom. The standard InChI is InChI=1S/2C18H18N.Zr/c2*1-18(2,3)16-8-6-7-13-14(16)10-11-15(13)17-9-4-5-12-19-17;/h2*4-12H,1-3H3;/q2*-1;+2. The molecule has 0 aliphatic heterocycles. The normalized spacial score (nSPS) is 11.6. The molecule has 0 bridgehead atoms. The van der Waals surface area contributed by atoms with Crippen LogP contribution in [0.1, 0.15) is 52.7 Å². The van der Waals surface area contributed by atoms with E-state index in [1.807, 2.05) is 36.7 Å². The molecule has 0 atom stereocenters. The summed E-state index contributed by atoms with van der Waals surface area (Å²) in [7, 11) is 0. The van der Waals surface area contributed by atoms with Crippen molar-refractivity contribution in [3.05, 3.63) is 121 Å². The second-order valence-electron chi connectivity index (χ2n) is 12.0. The monoisotopic (exact) mass is 586 g/mol. The summed E-state index contributed by atoms with van der Waals surface area (Å²) in [6.07, 6.45) is 3.70. The molecular formula is C36H36N2Zr. The van der Waals surface area contributed by atoms with Crippen LogP contribution in [0.15, 0.2) is 109 Å². The molecule has 4 aromatic carbocycles. The minimum atomic E-state index is 0. The predicted octanol–water partition coefficient (Wildman–Crippen LogP) is 9.83. The molecule has 6 rings (SSSR count). The molecule has 2 aromatic heterocycles. The first-order valence-electron chi connectivity index (χ1n) is 13.4. The zero-order valence-corrected chi connectivity index (χ0v) is 26.2. The van der Waals surface area contributed by atoms with E-state index >= 15 is 0 Å². The average Bonchev–Trinajstić information content (AvgIpc) is 3.53. The van der Waals surface area contributed by atoms with E-state index in [0.717, 1.165) is 11.4 Å². The Morgan fingerprint density at radius 2 is 0.897 bits per heavy atom. The molecule has 0 amide bonds. The van der Waals surface area contributed by atoms with Gasteiger partial charge in [-0.3, -0.25) is 9.97 Å². The number of pyridine rings is 2. The first kappa shape index (κ1) is 28.8. The van der Waals surface area contributed by atoms with Gasteiger partial charge in [-0.1, -0.05) is 124 Å². The van der Waals surface area contributed by atoms with Gasteiger partial charge in [-0.25, -0.2) is 0 Å². The zero-order valence-electron chi connectivity index (χ0n) is 23.8. The Morgan fingerprint density at radius 3 is 1.23 bits per heavy atom. The van der Waals surface area contributed by atoms with Gasteiger partial charge in [0.05, 0.1) is 0 Å². The average molecular weight is 588 g/mol. The van der Waals surface area contributed by atoms with Gasteiger partial charge in [0.2, 0.25) is 0 Å². The molecule has 0 N–H and O–H groups in total. The Balaban J connectivity index is 0.000000176. The maximum absolute atomic E-state index is 4.46. The van der Waals surface area contributed by atoms with Gasteiger partial charge in [-0.05, 0) is 10.8 Å². The van der Waals surface area contributed by atoms with Gasteiger partial charge in [0.25, 0.3) is 0 Å². The van der Waals surface area contributed by atoms with Crippen LogP contribution in [0.2, 0.25) is 0 Å². The molecule has 0 aliphatic carbocycles. The summed E-state index contributed by atoms with van der Waals surface area (Å²) in [5.41, 5.74) is 7.65. The molecular weight excluding hydrogens is 552 g/mol.